The Bertz CT molecular complexity index is 453. The van der Waals surface area contributed by atoms with Crippen LogP contribution in [-0.2, 0) is 4.84 Å². The van der Waals surface area contributed by atoms with E-state index in [1.165, 1.54) is 11.3 Å². The summed E-state index contributed by atoms with van der Waals surface area (Å²) in [6.07, 6.45) is 1.43. The Morgan fingerprint density at radius 1 is 1.11 bits per heavy atom. The number of hydroxylamine groups is 2. The number of rotatable bonds is 2. The summed E-state index contributed by atoms with van der Waals surface area (Å²) in [7, 11) is 0. The van der Waals surface area contributed by atoms with Crippen LogP contribution in [0.15, 0.2) is 35.6 Å². The van der Waals surface area contributed by atoms with Gasteiger partial charge in [-0.2, -0.15) is 0 Å². The SMILES string of the molecule is ClC1=CON(CC(Cl)(Cl)Cl)C1c1ccc(Cl)cc1. The Kier molecular flexibility index (Phi) is 4.58. The van der Waals surface area contributed by atoms with Gasteiger partial charge in [0.05, 0.1) is 11.6 Å². The van der Waals surface area contributed by atoms with Gasteiger partial charge < -0.3 is 4.84 Å². The molecule has 1 aliphatic heterocycles. The molecule has 98 valence electrons. The minimum atomic E-state index is -1.44. The van der Waals surface area contributed by atoms with Crippen molar-refractivity contribution < 1.29 is 4.84 Å². The molecular formula is C11H8Cl5NO. The highest BCUT2D eigenvalue weighted by molar-refractivity contribution is 6.67. The molecule has 0 saturated carbocycles. The van der Waals surface area contributed by atoms with E-state index in [2.05, 4.69) is 0 Å². The van der Waals surface area contributed by atoms with E-state index in [9.17, 15) is 0 Å². The first-order valence-electron chi connectivity index (χ1n) is 4.98. The summed E-state index contributed by atoms with van der Waals surface area (Å²) in [6, 6.07) is 6.95. The second-order valence-electron chi connectivity index (χ2n) is 3.75. The largest absolute Gasteiger partial charge is 0.411 e. The summed E-state index contributed by atoms with van der Waals surface area (Å²) < 4.78 is -1.44. The van der Waals surface area contributed by atoms with Crippen molar-refractivity contribution in [3.05, 3.63) is 46.1 Å². The van der Waals surface area contributed by atoms with Crippen LogP contribution < -0.4 is 0 Å². The van der Waals surface area contributed by atoms with Crippen LogP contribution in [-0.4, -0.2) is 15.4 Å². The first-order chi connectivity index (χ1) is 8.37. The summed E-state index contributed by atoms with van der Waals surface area (Å²) in [4.78, 5) is 5.29. The maximum absolute atomic E-state index is 6.11. The van der Waals surface area contributed by atoms with E-state index in [4.69, 9.17) is 62.8 Å². The van der Waals surface area contributed by atoms with E-state index in [-0.39, 0.29) is 12.6 Å². The van der Waals surface area contributed by atoms with Crippen LogP contribution in [0, 0.1) is 0 Å². The maximum Gasteiger partial charge on any atom is 0.206 e. The third-order valence-electron chi connectivity index (χ3n) is 2.37. The maximum atomic E-state index is 6.11. The van der Waals surface area contributed by atoms with Crippen molar-refractivity contribution in [2.75, 3.05) is 6.54 Å². The highest BCUT2D eigenvalue weighted by Gasteiger charge is 2.35. The zero-order chi connectivity index (χ0) is 13.3. The van der Waals surface area contributed by atoms with Gasteiger partial charge in [0.2, 0.25) is 3.79 Å². The van der Waals surface area contributed by atoms with Gasteiger partial charge >= 0.3 is 0 Å². The van der Waals surface area contributed by atoms with Gasteiger partial charge in [0, 0.05) is 5.02 Å². The molecule has 0 saturated heterocycles. The van der Waals surface area contributed by atoms with Crippen LogP contribution in [0.3, 0.4) is 0 Å². The van der Waals surface area contributed by atoms with E-state index in [1.54, 1.807) is 12.1 Å². The Morgan fingerprint density at radius 2 is 1.72 bits per heavy atom. The predicted octanol–water partition coefficient (Wildman–Crippen LogP) is 5.08. The van der Waals surface area contributed by atoms with E-state index in [0.717, 1.165) is 5.56 Å². The molecule has 0 radical (unpaired) electrons. The van der Waals surface area contributed by atoms with E-state index in [0.29, 0.717) is 10.1 Å². The van der Waals surface area contributed by atoms with Gasteiger partial charge in [-0.05, 0) is 17.7 Å². The topological polar surface area (TPSA) is 12.5 Å². The lowest BCUT2D eigenvalue weighted by atomic mass is 10.1. The molecule has 1 aliphatic rings. The molecule has 7 heteroatoms. The number of halogens is 5. The Hall–Kier alpha value is 0.170. The first kappa shape index (κ1) is 14.6. The lowest BCUT2D eigenvalue weighted by molar-refractivity contribution is -0.104. The standard InChI is InChI=1S/C11H8Cl5NO/c12-8-3-1-7(2-4-8)10-9(13)5-18-17(10)6-11(14,15)16/h1-5,10H,6H2. The predicted molar refractivity (Wildman–Crippen MR) is 76.2 cm³/mol. The molecule has 0 aliphatic carbocycles. The zero-order valence-electron chi connectivity index (χ0n) is 8.92. The van der Waals surface area contributed by atoms with Crippen LogP contribution >= 0.6 is 58.0 Å². The minimum Gasteiger partial charge on any atom is -0.411 e. The lowest BCUT2D eigenvalue weighted by Crippen LogP contribution is -2.32. The van der Waals surface area contributed by atoms with E-state index >= 15 is 0 Å². The molecule has 1 unspecified atom stereocenters. The molecule has 2 rings (SSSR count). The average Bonchev–Trinajstić information content (AvgIpc) is 2.59. The molecule has 1 atom stereocenters. The van der Waals surface area contributed by atoms with Crippen LogP contribution in [0.1, 0.15) is 11.6 Å². The van der Waals surface area contributed by atoms with Crippen molar-refractivity contribution in [2.45, 2.75) is 9.83 Å². The van der Waals surface area contributed by atoms with Gasteiger partial charge in [0.1, 0.15) is 12.3 Å². The van der Waals surface area contributed by atoms with Crippen molar-refractivity contribution in [3.8, 4) is 0 Å². The zero-order valence-corrected chi connectivity index (χ0v) is 12.7. The molecule has 1 aromatic carbocycles. The van der Waals surface area contributed by atoms with Crippen molar-refractivity contribution in [1.29, 1.82) is 0 Å². The summed E-state index contributed by atoms with van der Waals surface area (Å²) in [5, 5.41) is 2.68. The first-order valence-corrected chi connectivity index (χ1v) is 6.87. The lowest BCUT2D eigenvalue weighted by Gasteiger charge is -2.26. The van der Waals surface area contributed by atoms with Crippen LogP contribution in [0.25, 0.3) is 0 Å². The third-order valence-corrected chi connectivity index (χ3v) is 3.28. The molecule has 0 fully saturated rings. The monoisotopic (exact) mass is 345 g/mol. The van der Waals surface area contributed by atoms with Gasteiger partial charge in [0.15, 0.2) is 0 Å². The van der Waals surface area contributed by atoms with Gasteiger partial charge in [-0.1, -0.05) is 70.1 Å². The highest BCUT2D eigenvalue weighted by atomic mass is 35.6. The minimum absolute atomic E-state index is 0.0949. The summed E-state index contributed by atoms with van der Waals surface area (Å²) in [6.45, 7) is 0.0949. The van der Waals surface area contributed by atoms with Crippen LogP contribution in [0.4, 0.5) is 0 Å². The quantitative estimate of drug-likeness (QED) is 0.692. The van der Waals surface area contributed by atoms with Gasteiger partial charge in [-0.15, -0.1) is 5.06 Å². The summed E-state index contributed by atoms with van der Waals surface area (Å²) >= 11 is 29.2. The Labute approximate surface area is 130 Å². The highest BCUT2D eigenvalue weighted by Crippen LogP contribution is 2.40. The number of benzene rings is 1. The van der Waals surface area contributed by atoms with Crippen molar-refractivity contribution in [1.82, 2.24) is 5.06 Å². The second kappa shape index (κ2) is 5.66. The molecule has 0 bridgehead atoms. The molecule has 0 amide bonds. The molecule has 0 N–H and O–H groups in total. The third kappa shape index (κ3) is 3.60. The molecule has 2 nitrogen and oxygen atoms in total. The Morgan fingerprint density at radius 3 is 2.28 bits per heavy atom. The average molecular weight is 347 g/mol. The molecule has 0 spiro atoms. The number of nitrogens with zero attached hydrogens (tertiary/aromatic N) is 1. The summed E-state index contributed by atoms with van der Waals surface area (Å²) in [5.41, 5.74) is 0.910. The van der Waals surface area contributed by atoms with Gasteiger partial charge in [0.25, 0.3) is 0 Å². The molecular weight excluding hydrogens is 339 g/mol. The second-order valence-corrected chi connectivity index (χ2v) is 7.14. The number of hydrogen-bond donors (Lipinski definition) is 0. The fourth-order valence-corrected chi connectivity index (χ4v) is 2.41. The van der Waals surface area contributed by atoms with Crippen LogP contribution in [0.2, 0.25) is 5.02 Å². The molecule has 0 aromatic heterocycles. The smallest absolute Gasteiger partial charge is 0.206 e. The van der Waals surface area contributed by atoms with E-state index in [1.807, 2.05) is 12.1 Å². The van der Waals surface area contributed by atoms with Crippen molar-refractivity contribution in [3.63, 3.8) is 0 Å². The number of hydrogen-bond acceptors (Lipinski definition) is 2. The normalized spacial score (nSPS) is 20.7. The van der Waals surface area contributed by atoms with Gasteiger partial charge in [-0.25, -0.2) is 0 Å². The van der Waals surface area contributed by atoms with Gasteiger partial charge in [-0.3, -0.25) is 0 Å². The Balaban J connectivity index is 2.22. The van der Waals surface area contributed by atoms with Crippen molar-refractivity contribution >= 4 is 58.0 Å². The van der Waals surface area contributed by atoms with Crippen molar-refractivity contribution in [2.24, 2.45) is 0 Å². The molecule has 1 heterocycles. The van der Waals surface area contributed by atoms with Crippen LogP contribution in [0.5, 0.6) is 0 Å². The summed E-state index contributed by atoms with van der Waals surface area (Å²) in [5.74, 6) is 0. The van der Waals surface area contributed by atoms with E-state index < -0.39 is 3.79 Å². The molecule has 18 heavy (non-hydrogen) atoms. The molecule has 1 aromatic rings. The fourth-order valence-electron chi connectivity index (χ4n) is 1.66. The fraction of sp³-hybridized carbons (Fsp3) is 0.273. The number of alkyl halides is 3.